The van der Waals surface area contributed by atoms with Crippen LogP contribution in [0.3, 0.4) is 0 Å². The predicted molar refractivity (Wildman–Crippen MR) is 48.2 cm³/mol. The minimum absolute atomic E-state index is 0.149. The van der Waals surface area contributed by atoms with Crippen molar-refractivity contribution < 1.29 is 0 Å². The number of nitrogens with zero attached hydrogens (tertiary/aromatic N) is 3. The fourth-order valence-electron chi connectivity index (χ4n) is 0.893. The molecule has 4 nitrogen and oxygen atoms in total. The van der Waals surface area contributed by atoms with Crippen LogP contribution < -0.4 is 0 Å². The molecule has 0 aliphatic rings. The summed E-state index contributed by atoms with van der Waals surface area (Å²) in [5, 5.41) is 11.4. The van der Waals surface area contributed by atoms with Gasteiger partial charge in [-0.05, 0) is 24.2 Å². The highest BCUT2D eigenvalue weighted by Crippen LogP contribution is 2.17. The zero-order valence-corrected chi connectivity index (χ0v) is 7.06. The lowest BCUT2D eigenvalue weighted by atomic mass is 10.1. The van der Waals surface area contributed by atoms with Crippen LogP contribution in [0, 0.1) is 16.2 Å². The number of hydrogen-bond donors (Lipinski definition) is 0. The van der Waals surface area contributed by atoms with Crippen molar-refractivity contribution in [2.75, 3.05) is 0 Å². The third kappa shape index (κ3) is 1.97. The highest BCUT2D eigenvalue weighted by Gasteiger charge is 2.05. The molecule has 0 aliphatic heterocycles. The molecule has 1 aromatic heterocycles. The molecule has 64 valence electrons. The second-order valence-electron chi connectivity index (χ2n) is 2.42. The number of pyridine rings is 1. The summed E-state index contributed by atoms with van der Waals surface area (Å²) in [4.78, 5) is 14.2. The average molecular weight is 173 g/mol. The number of hydrogen-bond acceptors (Lipinski definition) is 4. The average Bonchev–Trinajstić information content (AvgIpc) is 2.20. The molecule has 4 heteroatoms. The topological polar surface area (TPSA) is 66.1 Å². The van der Waals surface area contributed by atoms with E-state index in [1.807, 2.05) is 6.07 Å². The van der Waals surface area contributed by atoms with Gasteiger partial charge in [-0.25, -0.2) is 0 Å². The first-order chi connectivity index (χ1) is 6.29. The lowest BCUT2D eigenvalue weighted by Crippen LogP contribution is -1.85. The molecule has 1 heterocycles. The maximum atomic E-state index is 10.4. The molecule has 0 fully saturated rings. The summed E-state index contributed by atoms with van der Waals surface area (Å²) >= 11 is 0. The van der Waals surface area contributed by atoms with Crippen LogP contribution in [0.4, 0.5) is 0 Å². The summed E-state index contributed by atoms with van der Waals surface area (Å²) in [6.45, 7) is 1.55. The van der Waals surface area contributed by atoms with Gasteiger partial charge in [0.1, 0.15) is 5.70 Å². The zero-order chi connectivity index (χ0) is 9.68. The Balaban J connectivity index is 3.22. The van der Waals surface area contributed by atoms with Crippen LogP contribution in [0.5, 0.6) is 0 Å². The summed E-state index contributed by atoms with van der Waals surface area (Å²) in [7, 11) is 0. The van der Waals surface area contributed by atoms with E-state index in [0.29, 0.717) is 11.1 Å². The smallest absolute Gasteiger partial charge is 0.130 e. The Labute approximate surface area is 75.5 Å². The summed E-state index contributed by atoms with van der Waals surface area (Å²) in [5.41, 5.74) is 1.01. The Kier molecular flexibility index (Phi) is 2.87. The van der Waals surface area contributed by atoms with Crippen LogP contribution in [0.25, 0.3) is 5.70 Å². The van der Waals surface area contributed by atoms with E-state index in [1.165, 1.54) is 6.20 Å². The Morgan fingerprint density at radius 3 is 2.92 bits per heavy atom. The largest absolute Gasteiger partial charge is 0.264 e. The summed E-state index contributed by atoms with van der Waals surface area (Å²) < 4.78 is 0. The second kappa shape index (κ2) is 4.12. The molecular formula is C9H7N3O. The number of nitroso groups, excluding NO2 is 1. The molecule has 1 rings (SSSR count). The van der Waals surface area contributed by atoms with Gasteiger partial charge in [-0.1, -0.05) is 0 Å². The molecule has 0 aliphatic carbocycles. The Hall–Kier alpha value is -2.02. The molecule has 1 aromatic rings. The van der Waals surface area contributed by atoms with Crippen LogP contribution in [0.2, 0.25) is 0 Å². The van der Waals surface area contributed by atoms with E-state index in [4.69, 9.17) is 5.26 Å². The third-order valence-corrected chi connectivity index (χ3v) is 1.55. The molecular weight excluding hydrogens is 166 g/mol. The van der Waals surface area contributed by atoms with Crippen molar-refractivity contribution in [2.24, 2.45) is 5.18 Å². The summed E-state index contributed by atoms with van der Waals surface area (Å²) in [6.07, 6.45) is 3.09. The molecule has 0 saturated heterocycles. The van der Waals surface area contributed by atoms with Gasteiger partial charge in [-0.3, -0.25) is 4.98 Å². The van der Waals surface area contributed by atoms with Gasteiger partial charge in [-0.2, -0.15) is 5.26 Å². The van der Waals surface area contributed by atoms with Crippen LogP contribution in [-0.2, 0) is 0 Å². The van der Waals surface area contributed by atoms with Gasteiger partial charge < -0.3 is 0 Å². The molecule has 0 amide bonds. The molecule has 0 aromatic carbocycles. The Bertz CT molecular complexity index is 376. The van der Waals surface area contributed by atoms with Crippen LogP contribution in [-0.4, -0.2) is 4.98 Å². The molecule has 0 radical (unpaired) electrons. The first kappa shape index (κ1) is 9.07. The Morgan fingerprint density at radius 1 is 1.69 bits per heavy atom. The molecule has 0 bridgehead atoms. The normalized spacial score (nSPS) is 11.4. The molecule has 13 heavy (non-hydrogen) atoms. The standard InChI is InChI=1S/C9H7N3O/c1-7(5-10)9(12-13)8-3-2-4-11-6-8/h2-4,6H,1H3/b9-7+. The molecule has 0 atom stereocenters. The molecule has 0 saturated carbocycles. The fraction of sp³-hybridized carbons (Fsp3) is 0.111. The van der Waals surface area contributed by atoms with Crippen LogP contribution in [0.15, 0.2) is 35.3 Å². The van der Waals surface area contributed by atoms with Gasteiger partial charge in [0.25, 0.3) is 0 Å². The van der Waals surface area contributed by atoms with Crippen molar-refractivity contribution in [2.45, 2.75) is 6.92 Å². The van der Waals surface area contributed by atoms with Crippen molar-refractivity contribution in [3.8, 4) is 6.07 Å². The van der Waals surface area contributed by atoms with E-state index in [2.05, 4.69) is 10.2 Å². The summed E-state index contributed by atoms with van der Waals surface area (Å²) in [6, 6.07) is 5.24. The quantitative estimate of drug-likeness (QED) is 0.508. The maximum absolute atomic E-state index is 10.4. The van der Waals surface area contributed by atoms with E-state index in [9.17, 15) is 4.91 Å². The summed E-state index contributed by atoms with van der Waals surface area (Å²) in [5.74, 6) is 0. The van der Waals surface area contributed by atoms with E-state index < -0.39 is 0 Å². The maximum Gasteiger partial charge on any atom is 0.130 e. The minimum atomic E-state index is 0.149. The molecule has 0 N–H and O–H groups in total. The van der Waals surface area contributed by atoms with Crippen molar-refractivity contribution in [1.82, 2.24) is 4.98 Å². The van der Waals surface area contributed by atoms with E-state index in [-0.39, 0.29) is 5.70 Å². The van der Waals surface area contributed by atoms with E-state index in [1.54, 1.807) is 25.3 Å². The SMILES string of the molecule is C/C(C#N)=C(\N=O)c1cccnc1. The lowest BCUT2D eigenvalue weighted by Gasteiger charge is -1.97. The van der Waals surface area contributed by atoms with Crippen molar-refractivity contribution in [1.29, 1.82) is 5.26 Å². The van der Waals surface area contributed by atoms with Crippen molar-refractivity contribution in [3.05, 3.63) is 40.6 Å². The van der Waals surface area contributed by atoms with Crippen molar-refractivity contribution in [3.63, 3.8) is 0 Å². The predicted octanol–water partition coefficient (Wildman–Crippen LogP) is 2.10. The van der Waals surface area contributed by atoms with Gasteiger partial charge in [-0.15, -0.1) is 4.91 Å². The van der Waals surface area contributed by atoms with E-state index in [0.717, 1.165) is 0 Å². The van der Waals surface area contributed by atoms with Crippen LogP contribution in [0.1, 0.15) is 12.5 Å². The fourth-order valence-corrected chi connectivity index (χ4v) is 0.893. The van der Waals surface area contributed by atoms with Gasteiger partial charge >= 0.3 is 0 Å². The zero-order valence-electron chi connectivity index (χ0n) is 7.06. The van der Waals surface area contributed by atoms with Crippen molar-refractivity contribution >= 4 is 5.70 Å². The second-order valence-corrected chi connectivity index (χ2v) is 2.42. The number of allylic oxidation sites excluding steroid dienone is 1. The highest BCUT2D eigenvalue weighted by atomic mass is 16.3. The highest BCUT2D eigenvalue weighted by molar-refractivity contribution is 5.69. The molecule has 0 unspecified atom stereocenters. The number of nitriles is 1. The molecule has 0 spiro atoms. The number of aromatic nitrogens is 1. The van der Waals surface area contributed by atoms with Gasteiger partial charge in [0.05, 0.1) is 11.6 Å². The first-order valence-electron chi connectivity index (χ1n) is 3.64. The van der Waals surface area contributed by atoms with E-state index >= 15 is 0 Å². The monoisotopic (exact) mass is 173 g/mol. The van der Waals surface area contributed by atoms with Gasteiger partial charge in [0.15, 0.2) is 0 Å². The van der Waals surface area contributed by atoms with Gasteiger partial charge in [0.2, 0.25) is 0 Å². The first-order valence-corrected chi connectivity index (χ1v) is 3.64. The lowest BCUT2D eigenvalue weighted by molar-refractivity contribution is 1.28. The Morgan fingerprint density at radius 2 is 2.46 bits per heavy atom. The number of rotatable bonds is 2. The minimum Gasteiger partial charge on any atom is -0.264 e. The third-order valence-electron chi connectivity index (χ3n) is 1.55. The van der Waals surface area contributed by atoms with Gasteiger partial charge in [0, 0.05) is 18.0 Å². The van der Waals surface area contributed by atoms with Crippen LogP contribution >= 0.6 is 0 Å².